The summed E-state index contributed by atoms with van der Waals surface area (Å²) in [5, 5.41) is 9.27. The molecule has 5 heteroatoms. The first kappa shape index (κ1) is 19.3. The van der Waals surface area contributed by atoms with Crippen molar-refractivity contribution in [2.24, 2.45) is 11.8 Å². The van der Waals surface area contributed by atoms with Gasteiger partial charge in [-0.1, -0.05) is 18.2 Å². The Kier molecular flexibility index (Phi) is 5.04. The van der Waals surface area contributed by atoms with E-state index in [0.29, 0.717) is 30.4 Å². The highest BCUT2D eigenvalue weighted by Crippen LogP contribution is 2.39. The summed E-state index contributed by atoms with van der Waals surface area (Å²) in [6.45, 7) is 4.01. The van der Waals surface area contributed by atoms with E-state index in [1.165, 1.54) is 38.1 Å². The molecule has 4 nitrogen and oxygen atoms in total. The van der Waals surface area contributed by atoms with Gasteiger partial charge in [0, 0.05) is 19.5 Å². The van der Waals surface area contributed by atoms with Gasteiger partial charge in [-0.15, -0.1) is 0 Å². The summed E-state index contributed by atoms with van der Waals surface area (Å²) in [5.74, 6) is 1.02. The van der Waals surface area contributed by atoms with Crippen molar-refractivity contribution in [1.82, 2.24) is 9.80 Å². The fraction of sp³-hybridized carbons (Fsp3) is 0.440. The molecule has 0 aliphatic carbocycles. The van der Waals surface area contributed by atoms with E-state index >= 15 is 0 Å². The minimum Gasteiger partial charge on any atom is -0.331 e. The number of nitriles is 1. The van der Waals surface area contributed by atoms with Gasteiger partial charge in [0.2, 0.25) is 5.91 Å². The van der Waals surface area contributed by atoms with E-state index in [0.717, 1.165) is 29.7 Å². The number of carbonyl (C=O) groups is 1. The molecule has 0 radical (unpaired) electrons. The molecule has 3 fully saturated rings. The Morgan fingerprint density at radius 1 is 1.10 bits per heavy atom. The van der Waals surface area contributed by atoms with Crippen molar-refractivity contribution in [3.63, 3.8) is 0 Å². The second-order valence-electron chi connectivity index (χ2n) is 8.92. The second kappa shape index (κ2) is 7.85. The average molecular weight is 404 g/mol. The molecule has 0 aromatic heterocycles. The summed E-state index contributed by atoms with van der Waals surface area (Å²) < 4.78 is 13.6. The van der Waals surface area contributed by atoms with Crippen molar-refractivity contribution < 1.29 is 9.18 Å². The maximum absolute atomic E-state index is 13.6. The number of fused-ring (bicyclic) bond motifs is 4. The molecule has 0 spiro atoms. The van der Waals surface area contributed by atoms with E-state index in [1.54, 1.807) is 12.1 Å². The van der Waals surface area contributed by atoms with Gasteiger partial charge in [0.05, 0.1) is 17.7 Å². The smallest absolute Gasteiger partial charge is 0.223 e. The van der Waals surface area contributed by atoms with Gasteiger partial charge in [-0.25, -0.2) is 4.39 Å². The maximum atomic E-state index is 13.6. The van der Waals surface area contributed by atoms with E-state index in [2.05, 4.69) is 11.0 Å². The van der Waals surface area contributed by atoms with Crippen molar-refractivity contribution in [2.75, 3.05) is 26.2 Å². The number of rotatable bonds is 3. The molecule has 30 heavy (non-hydrogen) atoms. The van der Waals surface area contributed by atoms with Crippen LogP contribution in [0.1, 0.15) is 47.6 Å². The van der Waals surface area contributed by atoms with E-state index in [9.17, 15) is 14.4 Å². The number of piperidine rings is 3. The third kappa shape index (κ3) is 3.50. The lowest BCUT2D eigenvalue weighted by Crippen LogP contribution is -2.49. The summed E-state index contributed by atoms with van der Waals surface area (Å²) in [7, 11) is 0. The molecule has 0 unspecified atom stereocenters. The third-order valence-corrected chi connectivity index (χ3v) is 7.23. The molecule has 2 atom stereocenters. The molecular formula is C25H26FN3O. The molecule has 2 bridgehead atoms. The second-order valence-corrected chi connectivity index (χ2v) is 8.92. The molecule has 0 N–H and O–H groups in total. The van der Waals surface area contributed by atoms with Crippen molar-refractivity contribution in [2.45, 2.75) is 31.7 Å². The fourth-order valence-electron chi connectivity index (χ4n) is 5.63. The van der Waals surface area contributed by atoms with Gasteiger partial charge in [-0.05, 0) is 85.1 Å². The van der Waals surface area contributed by atoms with Crippen LogP contribution in [-0.2, 0) is 11.2 Å². The highest BCUT2D eigenvalue weighted by molar-refractivity contribution is 5.78. The Hall–Kier alpha value is -2.71. The Morgan fingerprint density at radius 2 is 1.87 bits per heavy atom. The SMILES string of the molecule is N#Cc1ccc2c(c1)CCN(C(=O)C[C@@H]1CN3CCC1CC3)[C@@H]2c1ccc(F)cc1. The number of benzene rings is 2. The minimum absolute atomic E-state index is 0.193. The molecule has 4 aliphatic rings. The lowest BCUT2D eigenvalue weighted by atomic mass is 9.77. The number of hydrogen-bond acceptors (Lipinski definition) is 3. The normalized spacial score (nSPS) is 27.4. The van der Waals surface area contributed by atoms with Gasteiger partial charge < -0.3 is 9.80 Å². The fourth-order valence-corrected chi connectivity index (χ4v) is 5.63. The van der Waals surface area contributed by atoms with Gasteiger partial charge in [-0.3, -0.25) is 4.79 Å². The van der Waals surface area contributed by atoms with Crippen LogP contribution in [0.2, 0.25) is 0 Å². The van der Waals surface area contributed by atoms with E-state index in [4.69, 9.17) is 0 Å². The quantitative estimate of drug-likeness (QED) is 0.781. The summed E-state index contributed by atoms with van der Waals surface area (Å²) in [4.78, 5) is 18.0. The predicted octanol–water partition coefficient (Wildman–Crippen LogP) is 3.90. The van der Waals surface area contributed by atoms with Crippen LogP contribution in [0.5, 0.6) is 0 Å². The lowest BCUT2D eigenvalue weighted by molar-refractivity contribution is -0.136. The van der Waals surface area contributed by atoms with E-state index in [1.807, 2.05) is 23.1 Å². The minimum atomic E-state index is -0.278. The van der Waals surface area contributed by atoms with Crippen molar-refractivity contribution in [3.05, 3.63) is 70.5 Å². The molecule has 4 heterocycles. The van der Waals surface area contributed by atoms with Crippen LogP contribution in [0.15, 0.2) is 42.5 Å². The molecule has 3 saturated heterocycles. The molecule has 2 aromatic rings. The molecular weight excluding hydrogens is 377 g/mol. The van der Waals surface area contributed by atoms with Crippen molar-refractivity contribution in [3.8, 4) is 6.07 Å². The highest BCUT2D eigenvalue weighted by Gasteiger charge is 2.38. The topological polar surface area (TPSA) is 47.3 Å². The van der Waals surface area contributed by atoms with Gasteiger partial charge in [0.25, 0.3) is 0 Å². The third-order valence-electron chi connectivity index (χ3n) is 7.23. The zero-order valence-corrected chi connectivity index (χ0v) is 17.1. The number of carbonyl (C=O) groups excluding carboxylic acids is 1. The summed E-state index contributed by atoms with van der Waals surface area (Å²) in [6.07, 6.45) is 3.75. The zero-order valence-electron chi connectivity index (χ0n) is 17.1. The standard InChI is InChI=1S/C25H26FN3O/c26-22-4-2-19(3-5-22)25-23-6-1-17(15-27)13-20(23)9-12-29(25)24(30)14-21-16-28-10-7-18(21)8-11-28/h1-6,13,18,21,25H,7-12,14,16H2/t21-,25-/m1/s1. The number of hydrogen-bond donors (Lipinski definition) is 0. The highest BCUT2D eigenvalue weighted by atomic mass is 19.1. The van der Waals surface area contributed by atoms with Crippen LogP contribution in [0.3, 0.4) is 0 Å². The van der Waals surface area contributed by atoms with E-state index in [-0.39, 0.29) is 17.8 Å². The van der Waals surface area contributed by atoms with Gasteiger partial charge in [0.1, 0.15) is 5.82 Å². The Bertz CT molecular complexity index is 988. The van der Waals surface area contributed by atoms with Gasteiger partial charge in [0.15, 0.2) is 0 Å². The number of halogens is 1. The molecule has 6 rings (SSSR count). The molecule has 4 aliphatic heterocycles. The van der Waals surface area contributed by atoms with Crippen molar-refractivity contribution in [1.29, 1.82) is 5.26 Å². The van der Waals surface area contributed by atoms with Crippen LogP contribution in [0.25, 0.3) is 0 Å². The first-order valence-electron chi connectivity index (χ1n) is 10.9. The zero-order chi connectivity index (χ0) is 20.7. The predicted molar refractivity (Wildman–Crippen MR) is 112 cm³/mol. The maximum Gasteiger partial charge on any atom is 0.223 e. The first-order chi connectivity index (χ1) is 14.6. The summed E-state index contributed by atoms with van der Waals surface area (Å²) in [5.41, 5.74) is 3.72. The Labute approximate surface area is 176 Å². The van der Waals surface area contributed by atoms with Gasteiger partial charge in [-0.2, -0.15) is 5.26 Å². The summed E-state index contributed by atoms with van der Waals surface area (Å²) in [6, 6.07) is 14.2. The molecule has 154 valence electrons. The number of amides is 1. The lowest BCUT2D eigenvalue weighted by Gasteiger charge is -2.46. The Balaban J connectivity index is 1.46. The Morgan fingerprint density at radius 3 is 2.53 bits per heavy atom. The van der Waals surface area contributed by atoms with Crippen molar-refractivity contribution >= 4 is 5.91 Å². The van der Waals surface area contributed by atoms with Crippen LogP contribution in [0.4, 0.5) is 4.39 Å². The average Bonchev–Trinajstić information content (AvgIpc) is 2.79. The van der Waals surface area contributed by atoms with Crippen LogP contribution in [0, 0.1) is 29.0 Å². The molecule has 1 amide bonds. The van der Waals surface area contributed by atoms with Crippen LogP contribution < -0.4 is 0 Å². The van der Waals surface area contributed by atoms with Crippen LogP contribution in [-0.4, -0.2) is 41.9 Å². The monoisotopic (exact) mass is 403 g/mol. The van der Waals surface area contributed by atoms with Gasteiger partial charge >= 0.3 is 0 Å². The molecule has 2 aromatic carbocycles. The first-order valence-corrected chi connectivity index (χ1v) is 10.9. The summed E-state index contributed by atoms with van der Waals surface area (Å²) >= 11 is 0. The van der Waals surface area contributed by atoms with Crippen LogP contribution >= 0.6 is 0 Å². The largest absolute Gasteiger partial charge is 0.331 e. The molecule has 0 saturated carbocycles. The van der Waals surface area contributed by atoms with E-state index < -0.39 is 0 Å². The number of nitrogens with zero attached hydrogens (tertiary/aromatic N) is 3.